The Kier molecular flexibility index (Phi) is 3.18. The lowest BCUT2D eigenvalue weighted by Crippen LogP contribution is -2.49. The summed E-state index contributed by atoms with van der Waals surface area (Å²) in [6.07, 6.45) is 4.47. The van der Waals surface area contributed by atoms with Gasteiger partial charge in [-0.2, -0.15) is 0 Å². The molecule has 2 aliphatic rings. The Labute approximate surface area is 121 Å². The van der Waals surface area contributed by atoms with Crippen LogP contribution >= 0.6 is 15.9 Å². The third-order valence-corrected chi connectivity index (χ3v) is 4.97. The summed E-state index contributed by atoms with van der Waals surface area (Å²) >= 11 is 3.41. The van der Waals surface area contributed by atoms with Crippen LogP contribution in [0.4, 0.5) is 0 Å². The molecule has 2 saturated carbocycles. The van der Waals surface area contributed by atoms with E-state index in [-0.39, 0.29) is 11.3 Å². The van der Waals surface area contributed by atoms with Gasteiger partial charge in [0.15, 0.2) is 0 Å². The molecule has 0 spiro atoms. The average molecular weight is 324 g/mol. The molecule has 0 aromatic heterocycles. The summed E-state index contributed by atoms with van der Waals surface area (Å²) in [5, 5.41) is 13.0. The number of rotatable bonds is 4. The van der Waals surface area contributed by atoms with Crippen molar-refractivity contribution >= 4 is 21.8 Å². The van der Waals surface area contributed by atoms with Gasteiger partial charge in [0.25, 0.3) is 0 Å². The van der Waals surface area contributed by atoms with E-state index >= 15 is 0 Å². The molecule has 2 aliphatic carbocycles. The fourth-order valence-corrected chi connectivity index (χ4v) is 2.98. The SMILES string of the molecule is O=C(NCC1(O)CCC1)C1(c2ccc(Br)cc2)CC1. The third kappa shape index (κ3) is 2.43. The molecule has 0 unspecified atom stereocenters. The molecule has 0 atom stereocenters. The van der Waals surface area contributed by atoms with Gasteiger partial charge in [-0.15, -0.1) is 0 Å². The summed E-state index contributed by atoms with van der Waals surface area (Å²) in [5.74, 6) is 0.0650. The summed E-state index contributed by atoms with van der Waals surface area (Å²) in [5.41, 5.74) is 0.0838. The Morgan fingerprint density at radius 3 is 2.32 bits per heavy atom. The number of carbonyl (C=O) groups excluding carboxylic acids is 1. The molecule has 1 amide bonds. The average Bonchev–Trinajstić information content (AvgIpc) is 3.16. The molecule has 4 heteroatoms. The molecule has 0 bridgehead atoms. The van der Waals surface area contributed by atoms with Gasteiger partial charge in [0, 0.05) is 11.0 Å². The van der Waals surface area contributed by atoms with Crippen molar-refractivity contribution in [1.82, 2.24) is 5.32 Å². The van der Waals surface area contributed by atoms with Gasteiger partial charge in [-0.25, -0.2) is 0 Å². The largest absolute Gasteiger partial charge is 0.388 e. The molecule has 0 heterocycles. The normalized spacial score (nSPS) is 22.4. The lowest BCUT2D eigenvalue weighted by molar-refractivity contribution is -0.126. The van der Waals surface area contributed by atoms with Gasteiger partial charge in [-0.05, 0) is 49.8 Å². The first-order chi connectivity index (χ1) is 9.04. The van der Waals surface area contributed by atoms with Gasteiger partial charge < -0.3 is 10.4 Å². The monoisotopic (exact) mass is 323 g/mol. The highest BCUT2D eigenvalue weighted by atomic mass is 79.9. The third-order valence-electron chi connectivity index (χ3n) is 4.44. The first-order valence-corrected chi connectivity index (χ1v) is 7.60. The van der Waals surface area contributed by atoms with Crippen LogP contribution in [-0.2, 0) is 10.2 Å². The van der Waals surface area contributed by atoms with Crippen LogP contribution in [0.3, 0.4) is 0 Å². The molecule has 1 aromatic rings. The van der Waals surface area contributed by atoms with E-state index in [2.05, 4.69) is 21.2 Å². The molecule has 3 rings (SSSR count). The summed E-state index contributed by atoms with van der Waals surface area (Å²) in [4.78, 5) is 12.4. The van der Waals surface area contributed by atoms with Crippen LogP contribution in [-0.4, -0.2) is 23.2 Å². The predicted molar refractivity (Wildman–Crippen MR) is 76.9 cm³/mol. The van der Waals surface area contributed by atoms with Gasteiger partial charge in [-0.3, -0.25) is 4.79 Å². The van der Waals surface area contributed by atoms with Gasteiger partial charge in [0.05, 0.1) is 11.0 Å². The summed E-state index contributed by atoms with van der Waals surface area (Å²) in [6, 6.07) is 7.97. The fraction of sp³-hybridized carbons (Fsp3) is 0.533. The van der Waals surface area contributed by atoms with E-state index in [0.29, 0.717) is 6.54 Å². The van der Waals surface area contributed by atoms with Gasteiger partial charge in [0.2, 0.25) is 5.91 Å². The van der Waals surface area contributed by atoms with E-state index in [1.54, 1.807) is 0 Å². The molecule has 1 aromatic carbocycles. The van der Waals surface area contributed by atoms with Crippen molar-refractivity contribution < 1.29 is 9.90 Å². The Hall–Kier alpha value is -0.870. The smallest absolute Gasteiger partial charge is 0.230 e. The maximum Gasteiger partial charge on any atom is 0.230 e. The summed E-state index contributed by atoms with van der Waals surface area (Å²) in [7, 11) is 0. The second-order valence-corrected chi connectivity index (χ2v) is 6.77. The Balaban J connectivity index is 1.67. The van der Waals surface area contributed by atoms with E-state index in [0.717, 1.165) is 42.1 Å². The van der Waals surface area contributed by atoms with Crippen LogP contribution in [0.5, 0.6) is 0 Å². The minimum Gasteiger partial charge on any atom is -0.388 e. The van der Waals surface area contributed by atoms with Crippen LogP contribution in [0.25, 0.3) is 0 Å². The van der Waals surface area contributed by atoms with Crippen LogP contribution in [0.2, 0.25) is 0 Å². The van der Waals surface area contributed by atoms with Crippen LogP contribution in [0.1, 0.15) is 37.7 Å². The van der Waals surface area contributed by atoms with Crippen molar-refractivity contribution in [2.24, 2.45) is 0 Å². The number of hydrogen-bond acceptors (Lipinski definition) is 2. The van der Waals surface area contributed by atoms with E-state index < -0.39 is 5.60 Å². The Morgan fingerprint density at radius 2 is 1.84 bits per heavy atom. The van der Waals surface area contributed by atoms with E-state index in [1.807, 2.05) is 24.3 Å². The Bertz CT molecular complexity index is 489. The molecular weight excluding hydrogens is 306 g/mol. The lowest BCUT2D eigenvalue weighted by atomic mass is 9.80. The molecule has 2 N–H and O–H groups in total. The van der Waals surface area contributed by atoms with Crippen molar-refractivity contribution in [3.8, 4) is 0 Å². The molecule has 3 nitrogen and oxygen atoms in total. The molecule has 19 heavy (non-hydrogen) atoms. The van der Waals surface area contributed by atoms with Gasteiger partial charge in [-0.1, -0.05) is 28.1 Å². The first kappa shape index (κ1) is 13.1. The molecule has 102 valence electrons. The number of nitrogens with one attached hydrogen (secondary N) is 1. The maximum absolute atomic E-state index is 12.4. The first-order valence-electron chi connectivity index (χ1n) is 6.81. The fourth-order valence-electron chi connectivity index (χ4n) is 2.72. The number of aliphatic hydroxyl groups is 1. The molecular formula is C15H18BrNO2. The zero-order chi connectivity index (χ0) is 13.5. The number of halogens is 1. The van der Waals surface area contributed by atoms with E-state index in [9.17, 15) is 9.90 Å². The minimum atomic E-state index is -0.647. The number of hydrogen-bond donors (Lipinski definition) is 2. The topological polar surface area (TPSA) is 49.3 Å². The molecule has 2 fully saturated rings. The number of amides is 1. The van der Waals surface area contributed by atoms with Crippen molar-refractivity contribution in [1.29, 1.82) is 0 Å². The standard InChI is InChI=1S/C15H18BrNO2/c16-12-4-2-11(3-5-12)15(8-9-15)13(18)17-10-14(19)6-1-7-14/h2-5,19H,1,6-10H2,(H,17,18). The van der Waals surface area contributed by atoms with Gasteiger partial charge in [0.1, 0.15) is 0 Å². The molecule has 0 aliphatic heterocycles. The maximum atomic E-state index is 12.4. The highest BCUT2D eigenvalue weighted by Crippen LogP contribution is 2.48. The number of benzene rings is 1. The second kappa shape index (κ2) is 4.60. The lowest BCUT2D eigenvalue weighted by Gasteiger charge is -2.37. The number of carbonyl (C=O) groups is 1. The quantitative estimate of drug-likeness (QED) is 0.894. The summed E-state index contributed by atoms with van der Waals surface area (Å²) < 4.78 is 1.02. The summed E-state index contributed by atoms with van der Waals surface area (Å²) in [6.45, 7) is 0.393. The predicted octanol–water partition coefficient (Wildman–Crippen LogP) is 2.51. The highest BCUT2D eigenvalue weighted by Gasteiger charge is 2.51. The zero-order valence-electron chi connectivity index (χ0n) is 10.8. The van der Waals surface area contributed by atoms with Crippen molar-refractivity contribution in [2.75, 3.05) is 6.54 Å². The van der Waals surface area contributed by atoms with Gasteiger partial charge >= 0.3 is 0 Å². The van der Waals surface area contributed by atoms with Crippen molar-refractivity contribution in [3.05, 3.63) is 34.3 Å². The highest BCUT2D eigenvalue weighted by molar-refractivity contribution is 9.10. The Morgan fingerprint density at radius 1 is 1.21 bits per heavy atom. The van der Waals surface area contributed by atoms with Crippen LogP contribution in [0.15, 0.2) is 28.7 Å². The van der Waals surface area contributed by atoms with E-state index in [4.69, 9.17) is 0 Å². The van der Waals surface area contributed by atoms with Crippen LogP contribution < -0.4 is 5.32 Å². The zero-order valence-corrected chi connectivity index (χ0v) is 12.4. The van der Waals surface area contributed by atoms with Crippen LogP contribution in [0, 0.1) is 0 Å². The second-order valence-electron chi connectivity index (χ2n) is 5.85. The van der Waals surface area contributed by atoms with Crippen molar-refractivity contribution in [3.63, 3.8) is 0 Å². The van der Waals surface area contributed by atoms with Crippen molar-refractivity contribution in [2.45, 2.75) is 43.1 Å². The minimum absolute atomic E-state index is 0.0650. The molecule has 0 radical (unpaired) electrons. The molecule has 0 saturated heterocycles. The van der Waals surface area contributed by atoms with E-state index in [1.165, 1.54) is 0 Å².